The molecule has 1 aliphatic heterocycles. The molecule has 1 atom stereocenters. The molecule has 1 unspecified atom stereocenters. The van der Waals surface area contributed by atoms with Gasteiger partial charge in [-0.1, -0.05) is 48.5 Å². The molecule has 0 amide bonds. The highest BCUT2D eigenvalue weighted by atomic mass is 19.1. The van der Waals surface area contributed by atoms with Crippen molar-refractivity contribution >= 4 is 0 Å². The van der Waals surface area contributed by atoms with E-state index in [0.29, 0.717) is 13.1 Å². The van der Waals surface area contributed by atoms with Gasteiger partial charge in [-0.3, -0.25) is 4.90 Å². The monoisotopic (exact) mass is 490 g/mol. The zero-order valence-electron chi connectivity index (χ0n) is 19.6. The molecule has 2 nitrogen and oxygen atoms in total. The Morgan fingerprint density at radius 1 is 0.556 bits per heavy atom. The van der Waals surface area contributed by atoms with E-state index in [0.717, 1.165) is 28.8 Å². The molecule has 1 saturated heterocycles. The first-order valence-electron chi connectivity index (χ1n) is 12.0. The lowest BCUT2D eigenvalue weighted by atomic mass is 9.81. The largest absolute Gasteiger partial charge is 0.314 e. The normalized spacial score (nSPS) is 16.6. The Labute approximate surface area is 208 Å². The number of hydrogen-bond acceptors (Lipinski definition) is 2. The molecule has 4 aromatic rings. The van der Waals surface area contributed by atoms with Crippen LogP contribution in [0.4, 0.5) is 17.6 Å². The highest BCUT2D eigenvalue weighted by molar-refractivity contribution is 5.38. The average Bonchev–Trinajstić information content (AvgIpc) is 2.90. The number of benzene rings is 4. The topological polar surface area (TPSA) is 15.3 Å². The van der Waals surface area contributed by atoms with E-state index in [1.807, 2.05) is 0 Å². The number of piperazine rings is 1. The number of nitrogens with one attached hydrogen (secondary N) is 1. The molecule has 4 aromatic carbocycles. The lowest BCUT2D eigenvalue weighted by Gasteiger charge is -2.45. The van der Waals surface area contributed by atoms with Crippen molar-refractivity contribution in [1.29, 1.82) is 0 Å². The second-order valence-electron chi connectivity index (χ2n) is 9.10. The van der Waals surface area contributed by atoms with Crippen LogP contribution in [-0.4, -0.2) is 30.6 Å². The molecule has 1 aliphatic rings. The van der Waals surface area contributed by atoms with Gasteiger partial charge in [0.05, 0.1) is 6.04 Å². The zero-order valence-corrected chi connectivity index (χ0v) is 19.6. The summed E-state index contributed by atoms with van der Waals surface area (Å²) >= 11 is 0. The van der Waals surface area contributed by atoms with Crippen LogP contribution in [0.2, 0.25) is 0 Å². The van der Waals surface area contributed by atoms with Crippen LogP contribution in [0.3, 0.4) is 0 Å². The van der Waals surface area contributed by atoms with Crippen LogP contribution in [0.25, 0.3) is 0 Å². The molecule has 0 saturated carbocycles. The molecule has 0 aliphatic carbocycles. The van der Waals surface area contributed by atoms with Crippen molar-refractivity contribution in [1.82, 2.24) is 10.2 Å². The standard InChI is InChI=1S/C30H26F4N2/c31-24-9-1-20(2-10-24)29(21-3-11-25(32)12-4-21)28-19-35-17-18-36(28)30(22-5-13-26(33)14-6-22)23-7-15-27(34)16-8-23/h1-16,28-30,35H,17-19H2. The molecule has 1 heterocycles. The summed E-state index contributed by atoms with van der Waals surface area (Å²) in [5.41, 5.74) is 3.57. The maximum absolute atomic E-state index is 13.8. The van der Waals surface area contributed by atoms with Crippen LogP contribution in [0.5, 0.6) is 0 Å². The Balaban J connectivity index is 1.64. The molecule has 0 radical (unpaired) electrons. The van der Waals surface area contributed by atoms with Gasteiger partial charge in [0.1, 0.15) is 23.3 Å². The highest BCUT2D eigenvalue weighted by Gasteiger charge is 2.37. The van der Waals surface area contributed by atoms with Crippen molar-refractivity contribution in [3.05, 3.63) is 143 Å². The van der Waals surface area contributed by atoms with Gasteiger partial charge in [0.15, 0.2) is 0 Å². The van der Waals surface area contributed by atoms with E-state index >= 15 is 0 Å². The molecule has 184 valence electrons. The van der Waals surface area contributed by atoms with Crippen LogP contribution in [0.1, 0.15) is 34.2 Å². The van der Waals surface area contributed by atoms with Crippen LogP contribution in [-0.2, 0) is 0 Å². The maximum atomic E-state index is 13.8. The SMILES string of the molecule is Fc1ccc(C(c2ccc(F)cc2)C2CNCCN2C(c2ccc(F)cc2)c2ccc(F)cc2)cc1. The second kappa shape index (κ2) is 10.6. The number of rotatable bonds is 6. The molecule has 0 aromatic heterocycles. The van der Waals surface area contributed by atoms with Gasteiger partial charge < -0.3 is 5.32 Å². The summed E-state index contributed by atoms with van der Waals surface area (Å²) in [6, 6.07) is 25.2. The van der Waals surface area contributed by atoms with Crippen LogP contribution in [0.15, 0.2) is 97.1 Å². The highest BCUT2D eigenvalue weighted by Crippen LogP contribution is 2.38. The van der Waals surface area contributed by atoms with Crippen LogP contribution < -0.4 is 5.32 Å². The number of hydrogen-bond donors (Lipinski definition) is 1. The first-order chi connectivity index (χ1) is 17.5. The third-order valence-electron chi connectivity index (χ3n) is 6.87. The third kappa shape index (κ3) is 5.20. The van der Waals surface area contributed by atoms with E-state index in [1.165, 1.54) is 48.5 Å². The molecule has 0 spiro atoms. The van der Waals surface area contributed by atoms with Gasteiger partial charge in [-0.15, -0.1) is 0 Å². The van der Waals surface area contributed by atoms with Gasteiger partial charge in [-0.05, 0) is 70.8 Å². The molecule has 6 heteroatoms. The minimum Gasteiger partial charge on any atom is -0.314 e. The molecular formula is C30H26F4N2. The third-order valence-corrected chi connectivity index (χ3v) is 6.87. The predicted octanol–water partition coefficient (Wildman–Crippen LogP) is 6.44. The van der Waals surface area contributed by atoms with E-state index in [4.69, 9.17) is 0 Å². The molecule has 5 rings (SSSR count). The summed E-state index contributed by atoms with van der Waals surface area (Å²) in [5, 5.41) is 3.47. The van der Waals surface area contributed by atoms with E-state index in [1.54, 1.807) is 48.5 Å². The molecule has 0 bridgehead atoms. The minimum absolute atomic E-state index is 0.116. The first-order valence-corrected chi connectivity index (χ1v) is 12.0. The summed E-state index contributed by atoms with van der Waals surface area (Å²) in [6.45, 7) is 2.02. The Kier molecular flexibility index (Phi) is 7.16. The Morgan fingerprint density at radius 2 is 0.917 bits per heavy atom. The fourth-order valence-electron chi connectivity index (χ4n) is 5.21. The predicted molar refractivity (Wildman–Crippen MR) is 133 cm³/mol. The molecular weight excluding hydrogens is 464 g/mol. The van der Waals surface area contributed by atoms with Gasteiger partial charge >= 0.3 is 0 Å². The zero-order chi connectivity index (χ0) is 25.1. The van der Waals surface area contributed by atoms with E-state index in [-0.39, 0.29) is 41.3 Å². The second-order valence-corrected chi connectivity index (χ2v) is 9.10. The fraction of sp³-hybridized carbons (Fsp3) is 0.200. The number of halogens is 4. The average molecular weight is 491 g/mol. The summed E-state index contributed by atoms with van der Waals surface area (Å²) in [7, 11) is 0. The summed E-state index contributed by atoms with van der Waals surface area (Å²) in [6.07, 6.45) is 0. The minimum atomic E-state index is -0.330. The lowest BCUT2D eigenvalue weighted by molar-refractivity contribution is 0.113. The van der Waals surface area contributed by atoms with E-state index in [9.17, 15) is 17.6 Å². The van der Waals surface area contributed by atoms with Crippen molar-refractivity contribution in [2.75, 3.05) is 19.6 Å². The van der Waals surface area contributed by atoms with Gasteiger partial charge in [0.25, 0.3) is 0 Å². The molecule has 1 fully saturated rings. The van der Waals surface area contributed by atoms with Gasteiger partial charge in [-0.2, -0.15) is 0 Å². The Bertz CT molecular complexity index is 1080. The van der Waals surface area contributed by atoms with E-state index < -0.39 is 0 Å². The van der Waals surface area contributed by atoms with Crippen molar-refractivity contribution < 1.29 is 17.6 Å². The van der Waals surface area contributed by atoms with Crippen molar-refractivity contribution in [2.24, 2.45) is 0 Å². The lowest BCUT2D eigenvalue weighted by Crippen LogP contribution is -2.55. The maximum Gasteiger partial charge on any atom is 0.123 e. The first kappa shape index (κ1) is 24.2. The summed E-state index contributed by atoms with van der Waals surface area (Å²) in [5.74, 6) is -1.52. The Hall–Kier alpha value is -3.48. The fourth-order valence-corrected chi connectivity index (χ4v) is 5.21. The smallest absolute Gasteiger partial charge is 0.123 e. The van der Waals surface area contributed by atoms with Crippen molar-refractivity contribution in [3.8, 4) is 0 Å². The van der Waals surface area contributed by atoms with E-state index in [2.05, 4.69) is 10.2 Å². The van der Waals surface area contributed by atoms with Gasteiger partial charge in [-0.25, -0.2) is 17.6 Å². The van der Waals surface area contributed by atoms with Crippen LogP contribution >= 0.6 is 0 Å². The van der Waals surface area contributed by atoms with Crippen molar-refractivity contribution in [2.45, 2.75) is 18.0 Å². The van der Waals surface area contributed by atoms with Gasteiger partial charge in [0, 0.05) is 31.6 Å². The summed E-state index contributed by atoms with van der Waals surface area (Å²) < 4.78 is 55.3. The van der Waals surface area contributed by atoms with Crippen LogP contribution in [0, 0.1) is 23.3 Å². The summed E-state index contributed by atoms with van der Waals surface area (Å²) in [4.78, 5) is 2.33. The molecule has 36 heavy (non-hydrogen) atoms. The van der Waals surface area contributed by atoms with Crippen molar-refractivity contribution in [3.63, 3.8) is 0 Å². The molecule has 1 N–H and O–H groups in total. The Morgan fingerprint density at radius 3 is 1.31 bits per heavy atom. The number of nitrogens with zero attached hydrogens (tertiary/aromatic N) is 1. The quantitative estimate of drug-likeness (QED) is 0.313. The van der Waals surface area contributed by atoms with Gasteiger partial charge in [0.2, 0.25) is 0 Å².